The summed E-state index contributed by atoms with van der Waals surface area (Å²) in [5, 5.41) is 0.963. The lowest BCUT2D eigenvalue weighted by atomic mass is 10.0. The van der Waals surface area contributed by atoms with Crippen LogP contribution in [0, 0.1) is 0 Å². The zero-order chi connectivity index (χ0) is 34.6. The van der Waals surface area contributed by atoms with Gasteiger partial charge in [0.15, 0.2) is 0 Å². The third-order valence-electron chi connectivity index (χ3n) is 8.74. The smallest absolute Gasteiger partial charge is 0.0214 e. The summed E-state index contributed by atoms with van der Waals surface area (Å²) in [6, 6.07) is 0. The fourth-order valence-electron chi connectivity index (χ4n) is 5.36. The highest BCUT2D eigenvalue weighted by atomic mass is 79.9. The molecule has 0 bridgehead atoms. The van der Waals surface area contributed by atoms with Gasteiger partial charge in [-0.15, -0.1) is 0 Å². The van der Waals surface area contributed by atoms with Gasteiger partial charge in [-0.05, 0) is 172 Å². The Bertz CT molecular complexity index is 1100. The Labute approximate surface area is 296 Å². The lowest BCUT2D eigenvalue weighted by Gasteiger charge is -2.04. The molecule has 0 aliphatic heterocycles. The van der Waals surface area contributed by atoms with Gasteiger partial charge in [-0.25, -0.2) is 0 Å². The lowest BCUT2D eigenvalue weighted by Crippen LogP contribution is -1.84. The molecule has 0 unspecified atom stereocenters. The van der Waals surface area contributed by atoms with Gasteiger partial charge in [-0.2, -0.15) is 0 Å². The summed E-state index contributed by atoms with van der Waals surface area (Å²) < 4.78 is 0. The first-order valence-corrected chi connectivity index (χ1v) is 19.5. The molecule has 0 spiro atoms. The second kappa shape index (κ2) is 29.3. The van der Waals surface area contributed by atoms with Gasteiger partial charge < -0.3 is 0 Å². The highest BCUT2D eigenvalue weighted by Crippen LogP contribution is 2.17. The maximum Gasteiger partial charge on any atom is 0.0214 e. The molecular formula is C45H73Br. The first kappa shape index (κ1) is 44.1. The van der Waals surface area contributed by atoms with Gasteiger partial charge in [0.25, 0.3) is 0 Å². The maximum atomic E-state index is 3.48. The molecule has 0 aliphatic rings. The molecule has 0 N–H and O–H groups in total. The van der Waals surface area contributed by atoms with E-state index in [4.69, 9.17) is 0 Å². The third kappa shape index (κ3) is 29.5. The zero-order valence-electron chi connectivity index (χ0n) is 32.1. The fraction of sp³-hybridized carbons (Fsp3) is 0.600. The molecule has 0 atom stereocenters. The van der Waals surface area contributed by atoms with Crippen molar-refractivity contribution in [3.63, 3.8) is 0 Å². The van der Waals surface area contributed by atoms with Crippen LogP contribution in [-0.4, -0.2) is 5.33 Å². The van der Waals surface area contributed by atoms with Crippen molar-refractivity contribution in [2.75, 3.05) is 5.33 Å². The molecule has 0 saturated carbocycles. The van der Waals surface area contributed by atoms with Crippen LogP contribution >= 0.6 is 15.9 Å². The monoisotopic (exact) mass is 692 g/mol. The van der Waals surface area contributed by atoms with Crippen molar-refractivity contribution in [2.24, 2.45) is 0 Å². The van der Waals surface area contributed by atoms with E-state index in [1.807, 2.05) is 0 Å². The molecular weight excluding hydrogens is 620 g/mol. The Hall–Kier alpha value is -1.86. The van der Waals surface area contributed by atoms with E-state index in [9.17, 15) is 0 Å². The van der Waals surface area contributed by atoms with Crippen LogP contribution < -0.4 is 0 Å². The summed E-state index contributed by atoms with van der Waals surface area (Å²) in [5.74, 6) is 0. The van der Waals surface area contributed by atoms with E-state index < -0.39 is 0 Å². The van der Waals surface area contributed by atoms with Crippen molar-refractivity contribution in [3.05, 3.63) is 105 Å². The molecule has 0 aromatic carbocycles. The van der Waals surface area contributed by atoms with Crippen LogP contribution in [0.4, 0.5) is 0 Å². The molecule has 0 radical (unpaired) electrons. The standard InChI is InChI=1S/C45H73Br/c1-37(2)19-11-20-38(3)21-12-22-39(4)23-13-24-40(5)25-14-26-41(6)27-15-28-42(7)29-16-30-43(8)31-17-32-44(9)33-18-34-45(10)35-36-46/h19,21,23,25,27,29,31,33,35H,11-18,20,22,24,26,28,30,32,34,36H2,1-10H3/b38-21+,39-23+,40-25-,41-27-,42-29-,43-31-,44-33-,45-35-. The molecule has 0 aliphatic carbocycles. The summed E-state index contributed by atoms with van der Waals surface area (Å²) in [7, 11) is 0. The summed E-state index contributed by atoms with van der Waals surface area (Å²) in [6.45, 7) is 22.7. The summed E-state index contributed by atoms with van der Waals surface area (Å²) in [5.41, 5.74) is 13.6. The van der Waals surface area contributed by atoms with E-state index in [0.29, 0.717) is 0 Å². The fourth-order valence-corrected chi connectivity index (χ4v) is 5.91. The molecule has 0 fully saturated rings. The van der Waals surface area contributed by atoms with Crippen LogP contribution in [0.15, 0.2) is 105 Å². The highest BCUT2D eigenvalue weighted by molar-refractivity contribution is 9.09. The molecule has 0 aromatic heterocycles. The van der Waals surface area contributed by atoms with Gasteiger partial charge in [0.2, 0.25) is 0 Å². The molecule has 46 heavy (non-hydrogen) atoms. The van der Waals surface area contributed by atoms with Crippen LogP contribution in [0.3, 0.4) is 0 Å². The van der Waals surface area contributed by atoms with E-state index in [1.54, 1.807) is 0 Å². The van der Waals surface area contributed by atoms with Gasteiger partial charge in [-0.1, -0.05) is 121 Å². The second-order valence-corrected chi connectivity index (χ2v) is 14.8. The number of hydrogen-bond acceptors (Lipinski definition) is 0. The van der Waals surface area contributed by atoms with Gasteiger partial charge in [0.05, 0.1) is 0 Å². The van der Waals surface area contributed by atoms with Gasteiger partial charge in [-0.3, -0.25) is 0 Å². The van der Waals surface area contributed by atoms with Crippen molar-refractivity contribution in [1.29, 1.82) is 0 Å². The average Bonchev–Trinajstić information content (AvgIpc) is 2.97. The van der Waals surface area contributed by atoms with Crippen molar-refractivity contribution >= 4 is 15.9 Å². The molecule has 0 heterocycles. The van der Waals surface area contributed by atoms with Crippen molar-refractivity contribution in [2.45, 2.75) is 172 Å². The van der Waals surface area contributed by atoms with Crippen LogP contribution in [0.1, 0.15) is 172 Å². The van der Waals surface area contributed by atoms with E-state index in [1.165, 1.54) is 121 Å². The topological polar surface area (TPSA) is 0 Å². The number of halogens is 1. The zero-order valence-corrected chi connectivity index (χ0v) is 33.7. The number of alkyl halides is 1. The molecule has 0 aromatic rings. The molecule has 0 saturated heterocycles. The number of rotatable bonds is 25. The Morgan fingerprint density at radius 3 is 0.630 bits per heavy atom. The van der Waals surface area contributed by atoms with Gasteiger partial charge >= 0.3 is 0 Å². The summed E-state index contributed by atoms with van der Waals surface area (Å²) in [4.78, 5) is 0. The van der Waals surface area contributed by atoms with E-state index >= 15 is 0 Å². The SMILES string of the molecule is CC(C)=CCC/C(C)=C/CC/C(C)=C/CC/C(C)=C\CC/C(C)=C\CC/C(C)=C\CC/C(C)=C\CC/C(C)=C\CC/C(C)=C\CBr. The molecule has 0 amide bonds. The van der Waals surface area contributed by atoms with Gasteiger partial charge in [0.1, 0.15) is 0 Å². The predicted molar refractivity (Wildman–Crippen MR) is 217 cm³/mol. The normalized spacial score (nSPS) is 14.8. The molecule has 260 valence electrons. The Morgan fingerprint density at radius 2 is 0.457 bits per heavy atom. The Kier molecular flexibility index (Phi) is 28.1. The van der Waals surface area contributed by atoms with Crippen LogP contribution in [-0.2, 0) is 0 Å². The largest absolute Gasteiger partial charge is 0.0883 e. The van der Waals surface area contributed by atoms with Crippen LogP contribution in [0.25, 0.3) is 0 Å². The van der Waals surface area contributed by atoms with Crippen LogP contribution in [0.5, 0.6) is 0 Å². The Balaban J connectivity index is 4.21. The third-order valence-corrected chi connectivity index (χ3v) is 9.06. The maximum absolute atomic E-state index is 3.48. The predicted octanol–water partition coefficient (Wildman–Crippen LogP) is 16.2. The van der Waals surface area contributed by atoms with Crippen LogP contribution in [0.2, 0.25) is 0 Å². The second-order valence-electron chi connectivity index (χ2n) is 14.1. The lowest BCUT2D eigenvalue weighted by molar-refractivity contribution is 0.880. The quantitative estimate of drug-likeness (QED) is 0.0660. The average molecular weight is 694 g/mol. The van der Waals surface area contributed by atoms with Crippen molar-refractivity contribution in [1.82, 2.24) is 0 Å². The van der Waals surface area contributed by atoms with E-state index in [2.05, 4.69) is 140 Å². The van der Waals surface area contributed by atoms with E-state index in [0.717, 1.165) is 37.4 Å². The minimum atomic E-state index is 0.963. The summed E-state index contributed by atoms with van der Waals surface area (Å²) in [6.07, 6.45) is 40.5. The highest BCUT2D eigenvalue weighted by Gasteiger charge is 1.97. The molecule has 1 heteroatoms. The first-order valence-electron chi connectivity index (χ1n) is 18.4. The van der Waals surface area contributed by atoms with Crippen molar-refractivity contribution in [3.8, 4) is 0 Å². The first-order chi connectivity index (χ1) is 21.9. The van der Waals surface area contributed by atoms with E-state index in [-0.39, 0.29) is 0 Å². The molecule has 0 rings (SSSR count). The van der Waals surface area contributed by atoms with Gasteiger partial charge in [0, 0.05) is 5.33 Å². The minimum Gasteiger partial charge on any atom is -0.0883 e. The number of allylic oxidation sites excluding steroid dienone is 18. The minimum absolute atomic E-state index is 0.963. The van der Waals surface area contributed by atoms with Crippen molar-refractivity contribution < 1.29 is 0 Å². The summed E-state index contributed by atoms with van der Waals surface area (Å²) >= 11 is 3.48. The molecule has 0 nitrogen and oxygen atoms in total. The number of hydrogen-bond donors (Lipinski definition) is 0. The Morgan fingerprint density at radius 1 is 0.283 bits per heavy atom.